The van der Waals surface area contributed by atoms with Crippen LogP contribution in [0.5, 0.6) is 0 Å². The van der Waals surface area contributed by atoms with Gasteiger partial charge in [-0.25, -0.2) is 4.68 Å². The number of rotatable bonds is 4. The summed E-state index contributed by atoms with van der Waals surface area (Å²) in [6.07, 6.45) is -0.656. The molecule has 27 heavy (non-hydrogen) atoms. The predicted molar refractivity (Wildman–Crippen MR) is 96.8 cm³/mol. The number of carbonyl (C=O) groups excluding carboxylic acids is 1. The summed E-state index contributed by atoms with van der Waals surface area (Å²) < 4.78 is 41.4. The van der Waals surface area contributed by atoms with Crippen molar-refractivity contribution in [1.82, 2.24) is 19.6 Å². The van der Waals surface area contributed by atoms with Gasteiger partial charge in [0.05, 0.1) is 6.20 Å². The number of nitrogens with one attached hydrogen (secondary N) is 1. The molecule has 1 unspecified atom stereocenters. The Balaban J connectivity index is 1.84. The number of halogens is 3. The molecule has 1 aromatic heterocycles. The van der Waals surface area contributed by atoms with Crippen molar-refractivity contribution in [2.24, 2.45) is 5.92 Å². The maximum Gasteiger partial charge on any atom is 0.410 e. The fraction of sp³-hybridized carbons (Fsp3) is 0.778. The Labute approximate surface area is 157 Å². The zero-order valence-electron chi connectivity index (χ0n) is 16.1. The number of aromatic nitrogens is 2. The van der Waals surface area contributed by atoms with E-state index in [9.17, 15) is 18.0 Å². The first-order valence-electron chi connectivity index (χ1n) is 9.55. The van der Waals surface area contributed by atoms with Crippen molar-refractivity contribution in [3.8, 4) is 0 Å². The molecule has 1 saturated heterocycles. The van der Waals surface area contributed by atoms with Crippen LogP contribution >= 0.6 is 0 Å². The van der Waals surface area contributed by atoms with E-state index in [4.69, 9.17) is 0 Å². The number of nitrogens with zero attached hydrogens (tertiary/aromatic N) is 4. The standard InChI is InChI=1S/C18H28F3N5O/c1-4-13-8-15(18(19,20)21)26-16(23-13)14(9-22-26)17(27)25-7-5-6-12(11-25)10-24(2)3/h9,12-13,15,23H,4-8,10-11H2,1-3H3/t12?,13-,15-/m0/s1. The highest BCUT2D eigenvalue weighted by Crippen LogP contribution is 2.41. The molecule has 0 aromatic carbocycles. The van der Waals surface area contributed by atoms with E-state index in [2.05, 4.69) is 15.3 Å². The van der Waals surface area contributed by atoms with E-state index in [0.717, 1.165) is 24.1 Å². The van der Waals surface area contributed by atoms with E-state index in [-0.39, 0.29) is 29.8 Å². The summed E-state index contributed by atoms with van der Waals surface area (Å²) in [7, 11) is 4.00. The van der Waals surface area contributed by atoms with Gasteiger partial charge >= 0.3 is 6.18 Å². The molecule has 3 atom stereocenters. The molecule has 0 radical (unpaired) electrons. The topological polar surface area (TPSA) is 53.4 Å². The highest BCUT2D eigenvalue weighted by atomic mass is 19.4. The van der Waals surface area contributed by atoms with Crippen molar-refractivity contribution in [2.45, 2.75) is 50.9 Å². The summed E-state index contributed by atoms with van der Waals surface area (Å²) in [6.45, 7) is 3.99. The third-order valence-electron chi connectivity index (χ3n) is 5.47. The van der Waals surface area contributed by atoms with E-state index in [1.165, 1.54) is 6.20 Å². The number of piperidine rings is 1. The van der Waals surface area contributed by atoms with Gasteiger partial charge in [-0.3, -0.25) is 4.79 Å². The van der Waals surface area contributed by atoms with Gasteiger partial charge in [0.15, 0.2) is 6.04 Å². The van der Waals surface area contributed by atoms with Gasteiger partial charge in [0, 0.05) is 25.7 Å². The fourth-order valence-electron chi connectivity index (χ4n) is 4.15. The van der Waals surface area contributed by atoms with Gasteiger partial charge in [-0.1, -0.05) is 6.92 Å². The van der Waals surface area contributed by atoms with Crippen LogP contribution in [0.2, 0.25) is 0 Å². The number of fused-ring (bicyclic) bond motifs is 1. The van der Waals surface area contributed by atoms with Gasteiger partial charge in [-0.15, -0.1) is 0 Å². The Morgan fingerprint density at radius 1 is 1.41 bits per heavy atom. The Morgan fingerprint density at radius 3 is 2.78 bits per heavy atom. The molecule has 1 amide bonds. The lowest BCUT2D eigenvalue weighted by Gasteiger charge is -2.35. The van der Waals surface area contributed by atoms with Crippen LogP contribution < -0.4 is 5.32 Å². The molecule has 6 nitrogen and oxygen atoms in total. The maximum atomic E-state index is 13.5. The van der Waals surface area contributed by atoms with E-state index >= 15 is 0 Å². The predicted octanol–water partition coefficient (Wildman–Crippen LogP) is 2.99. The molecule has 3 heterocycles. The van der Waals surface area contributed by atoms with Crippen molar-refractivity contribution in [3.05, 3.63) is 11.8 Å². The maximum absolute atomic E-state index is 13.5. The number of alkyl halides is 3. The first-order chi connectivity index (χ1) is 12.7. The quantitative estimate of drug-likeness (QED) is 0.863. The lowest BCUT2D eigenvalue weighted by Crippen LogP contribution is -2.43. The smallest absolute Gasteiger partial charge is 0.367 e. The second-order valence-electron chi connectivity index (χ2n) is 7.92. The van der Waals surface area contributed by atoms with Gasteiger partial charge in [0.25, 0.3) is 5.91 Å². The minimum atomic E-state index is -4.39. The Bertz CT molecular complexity index is 672. The normalized spacial score (nSPS) is 26.0. The minimum absolute atomic E-state index is 0.0725. The molecule has 2 aliphatic heterocycles. The van der Waals surface area contributed by atoms with Crippen LogP contribution in [-0.2, 0) is 0 Å². The van der Waals surface area contributed by atoms with Gasteiger partial charge in [0.2, 0.25) is 0 Å². The van der Waals surface area contributed by atoms with E-state index in [0.29, 0.717) is 25.4 Å². The molecule has 3 rings (SSSR count). The molecule has 1 fully saturated rings. The molecule has 152 valence electrons. The van der Waals surface area contributed by atoms with Crippen LogP contribution in [0.15, 0.2) is 6.20 Å². The first-order valence-corrected chi connectivity index (χ1v) is 9.55. The third-order valence-corrected chi connectivity index (χ3v) is 5.47. The van der Waals surface area contributed by atoms with E-state index in [1.54, 1.807) is 4.90 Å². The van der Waals surface area contributed by atoms with Crippen LogP contribution in [0.4, 0.5) is 19.0 Å². The summed E-state index contributed by atoms with van der Waals surface area (Å²) in [4.78, 5) is 16.9. The molecule has 0 saturated carbocycles. The molecule has 1 aromatic rings. The Morgan fingerprint density at radius 2 is 2.15 bits per heavy atom. The number of anilines is 1. The van der Waals surface area contributed by atoms with Crippen molar-refractivity contribution < 1.29 is 18.0 Å². The summed E-state index contributed by atoms with van der Waals surface area (Å²) in [5, 5.41) is 7.04. The number of hydrogen-bond acceptors (Lipinski definition) is 4. The SMILES string of the molecule is CC[C@H]1C[C@@H](C(F)(F)F)n2ncc(C(=O)N3CCCC(CN(C)C)C3)c2N1. The van der Waals surface area contributed by atoms with E-state index in [1.807, 2.05) is 21.0 Å². The molecule has 2 aliphatic rings. The van der Waals surface area contributed by atoms with Crippen LogP contribution in [0.1, 0.15) is 49.0 Å². The molecule has 1 N–H and O–H groups in total. The highest BCUT2D eigenvalue weighted by molar-refractivity contribution is 5.99. The third kappa shape index (κ3) is 4.23. The van der Waals surface area contributed by atoms with Crippen molar-refractivity contribution in [2.75, 3.05) is 39.0 Å². The van der Waals surface area contributed by atoms with Gasteiger partial charge in [-0.05, 0) is 45.7 Å². The van der Waals surface area contributed by atoms with Crippen molar-refractivity contribution in [1.29, 1.82) is 0 Å². The zero-order valence-corrected chi connectivity index (χ0v) is 16.1. The number of amides is 1. The van der Waals surface area contributed by atoms with Crippen LogP contribution in [0.3, 0.4) is 0 Å². The molecular formula is C18H28F3N5O. The number of carbonyl (C=O) groups is 1. The van der Waals surface area contributed by atoms with Gasteiger partial charge in [-0.2, -0.15) is 18.3 Å². The summed E-state index contributed by atoms with van der Waals surface area (Å²) in [5.74, 6) is 0.350. The average Bonchev–Trinajstić information content (AvgIpc) is 3.02. The summed E-state index contributed by atoms with van der Waals surface area (Å²) in [6, 6.07) is -2.02. The van der Waals surface area contributed by atoms with Crippen LogP contribution in [-0.4, -0.2) is 71.4 Å². The molecule has 0 spiro atoms. The Kier molecular flexibility index (Phi) is 5.69. The fourth-order valence-corrected chi connectivity index (χ4v) is 4.15. The highest BCUT2D eigenvalue weighted by Gasteiger charge is 2.47. The monoisotopic (exact) mass is 387 g/mol. The molecular weight excluding hydrogens is 359 g/mol. The second kappa shape index (κ2) is 7.69. The van der Waals surface area contributed by atoms with Crippen LogP contribution in [0, 0.1) is 5.92 Å². The largest absolute Gasteiger partial charge is 0.410 e. The lowest BCUT2D eigenvalue weighted by molar-refractivity contribution is -0.173. The molecule has 0 bridgehead atoms. The number of hydrogen-bond donors (Lipinski definition) is 1. The van der Waals surface area contributed by atoms with Crippen LogP contribution in [0.25, 0.3) is 0 Å². The van der Waals surface area contributed by atoms with E-state index < -0.39 is 12.2 Å². The average molecular weight is 387 g/mol. The number of likely N-dealkylation sites (tertiary alicyclic amines) is 1. The summed E-state index contributed by atoms with van der Waals surface area (Å²) in [5.41, 5.74) is 0.243. The van der Waals surface area contributed by atoms with Gasteiger partial charge in [0.1, 0.15) is 11.4 Å². The lowest BCUT2D eigenvalue weighted by atomic mass is 9.97. The minimum Gasteiger partial charge on any atom is -0.367 e. The van der Waals surface area contributed by atoms with Gasteiger partial charge < -0.3 is 15.1 Å². The first kappa shape index (κ1) is 20.0. The molecule has 9 heteroatoms. The Hall–Kier alpha value is -1.77. The van der Waals surface area contributed by atoms with Crippen molar-refractivity contribution >= 4 is 11.7 Å². The zero-order chi connectivity index (χ0) is 19.8. The molecule has 0 aliphatic carbocycles. The second-order valence-corrected chi connectivity index (χ2v) is 7.92. The van der Waals surface area contributed by atoms with Crippen molar-refractivity contribution in [3.63, 3.8) is 0 Å². The summed E-state index contributed by atoms with van der Waals surface area (Å²) >= 11 is 0.